The molecule has 5 heteroatoms. The zero-order valence-electron chi connectivity index (χ0n) is 11.0. The molecule has 0 atom stereocenters. The van der Waals surface area contributed by atoms with Crippen LogP contribution in [0.25, 0.3) is 6.08 Å². The maximum atomic E-state index is 11.6. The number of hydrogen-bond acceptors (Lipinski definition) is 3. The number of halogens is 1. The minimum atomic E-state index is -0.611. The zero-order chi connectivity index (χ0) is 15.1. The summed E-state index contributed by atoms with van der Waals surface area (Å²) in [6, 6.07) is 15.9. The Morgan fingerprint density at radius 1 is 1.05 bits per heavy atom. The Labute approximate surface area is 130 Å². The monoisotopic (exact) mass is 345 g/mol. The molecule has 2 aromatic rings. The van der Waals surface area contributed by atoms with Crippen LogP contribution in [0.15, 0.2) is 65.1 Å². The van der Waals surface area contributed by atoms with Gasteiger partial charge < -0.3 is 4.84 Å². The van der Waals surface area contributed by atoms with Crippen LogP contribution in [0.3, 0.4) is 0 Å². The third-order valence-electron chi connectivity index (χ3n) is 2.53. The second kappa shape index (κ2) is 7.40. The van der Waals surface area contributed by atoms with Gasteiger partial charge in [-0.3, -0.25) is 4.79 Å². The van der Waals surface area contributed by atoms with Crippen molar-refractivity contribution in [3.05, 3.63) is 76.3 Å². The van der Waals surface area contributed by atoms with Crippen LogP contribution in [0, 0.1) is 0 Å². The summed E-state index contributed by atoms with van der Waals surface area (Å²) in [7, 11) is 0. The van der Waals surface area contributed by atoms with E-state index in [0.29, 0.717) is 5.56 Å². The highest BCUT2D eigenvalue weighted by molar-refractivity contribution is 9.10. The average molecular weight is 346 g/mol. The fourth-order valence-corrected chi connectivity index (χ4v) is 1.96. The van der Waals surface area contributed by atoms with E-state index in [1.807, 2.05) is 24.3 Å². The van der Waals surface area contributed by atoms with E-state index in [2.05, 4.69) is 21.4 Å². The van der Waals surface area contributed by atoms with Crippen LogP contribution in [-0.4, -0.2) is 11.9 Å². The molecule has 2 rings (SSSR count). The van der Waals surface area contributed by atoms with Crippen molar-refractivity contribution in [2.75, 3.05) is 0 Å². The normalized spacial score (nSPS) is 10.3. The van der Waals surface area contributed by atoms with Crippen LogP contribution < -0.4 is 5.48 Å². The summed E-state index contributed by atoms with van der Waals surface area (Å²) in [5.74, 6) is -1.13. The number of carbonyl (C=O) groups excluding carboxylic acids is 2. The summed E-state index contributed by atoms with van der Waals surface area (Å²) < 4.78 is 0.917. The maximum absolute atomic E-state index is 11.6. The first-order valence-corrected chi connectivity index (χ1v) is 6.94. The molecule has 0 aromatic heterocycles. The fourth-order valence-electron chi connectivity index (χ4n) is 1.55. The van der Waals surface area contributed by atoms with Crippen LogP contribution in [0.5, 0.6) is 0 Å². The predicted octanol–water partition coefficient (Wildman–Crippen LogP) is 3.35. The Morgan fingerprint density at radius 2 is 1.81 bits per heavy atom. The van der Waals surface area contributed by atoms with Gasteiger partial charge in [-0.15, -0.1) is 0 Å². The summed E-state index contributed by atoms with van der Waals surface area (Å²) in [5, 5.41) is 0. The third-order valence-corrected chi connectivity index (χ3v) is 3.02. The number of rotatable bonds is 3. The summed E-state index contributed by atoms with van der Waals surface area (Å²) in [4.78, 5) is 27.9. The number of nitrogens with one attached hydrogen (secondary N) is 1. The van der Waals surface area contributed by atoms with Gasteiger partial charge in [0.2, 0.25) is 0 Å². The second-order valence-electron chi connectivity index (χ2n) is 4.11. The Balaban J connectivity index is 1.86. The summed E-state index contributed by atoms with van der Waals surface area (Å²) in [6.45, 7) is 0. The van der Waals surface area contributed by atoms with Gasteiger partial charge in [-0.1, -0.05) is 46.3 Å². The molecule has 0 aliphatic rings. The molecule has 4 nitrogen and oxygen atoms in total. The van der Waals surface area contributed by atoms with E-state index >= 15 is 0 Å². The standard InChI is InChI=1S/C16H12BrNO3/c17-14-8-4-5-12(11-14)9-10-15(19)18-21-16(20)13-6-2-1-3-7-13/h1-11H,(H,18,19). The molecule has 0 heterocycles. The highest BCUT2D eigenvalue weighted by Crippen LogP contribution is 2.12. The van der Waals surface area contributed by atoms with Crippen molar-refractivity contribution >= 4 is 33.9 Å². The van der Waals surface area contributed by atoms with Crippen molar-refractivity contribution < 1.29 is 14.4 Å². The van der Waals surface area contributed by atoms with Crippen molar-refractivity contribution in [1.82, 2.24) is 5.48 Å². The van der Waals surface area contributed by atoms with E-state index in [9.17, 15) is 9.59 Å². The Morgan fingerprint density at radius 3 is 2.52 bits per heavy atom. The minimum absolute atomic E-state index is 0.369. The first-order valence-electron chi connectivity index (χ1n) is 6.15. The van der Waals surface area contributed by atoms with Crippen molar-refractivity contribution in [2.45, 2.75) is 0 Å². The number of benzene rings is 2. The zero-order valence-corrected chi connectivity index (χ0v) is 12.5. The van der Waals surface area contributed by atoms with Gasteiger partial charge in [0.05, 0.1) is 5.56 Å². The molecule has 1 amide bonds. The van der Waals surface area contributed by atoms with Gasteiger partial charge in [-0.05, 0) is 35.9 Å². The summed E-state index contributed by atoms with van der Waals surface area (Å²) >= 11 is 3.34. The molecule has 0 bridgehead atoms. The van der Waals surface area contributed by atoms with E-state index in [0.717, 1.165) is 10.0 Å². The summed E-state index contributed by atoms with van der Waals surface area (Å²) in [5.41, 5.74) is 3.30. The quantitative estimate of drug-likeness (QED) is 0.685. The fraction of sp³-hybridized carbons (Fsp3) is 0. The van der Waals surface area contributed by atoms with Gasteiger partial charge in [-0.25, -0.2) is 4.79 Å². The lowest BCUT2D eigenvalue weighted by Gasteiger charge is -2.03. The highest BCUT2D eigenvalue weighted by Gasteiger charge is 2.07. The van der Waals surface area contributed by atoms with Crippen LogP contribution in [0.2, 0.25) is 0 Å². The molecule has 0 saturated carbocycles. The molecular weight excluding hydrogens is 334 g/mol. The van der Waals surface area contributed by atoms with Crippen molar-refractivity contribution in [3.8, 4) is 0 Å². The lowest BCUT2D eigenvalue weighted by Crippen LogP contribution is -2.25. The lowest BCUT2D eigenvalue weighted by atomic mass is 10.2. The van der Waals surface area contributed by atoms with Crippen LogP contribution in [0.1, 0.15) is 15.9 Å². The Hall–Kier alpha value is -2.40. The number of amides is 1. The first kappa shape index (κ1) is 15.0. The largest absolute Gasteiger partial charge is 0.362 e. The van der Waals surface area contributed by atoms with Gasteiger partial charge in [0, 0.05) is 10.5 Å². The number of hydrogen-bond donors (Lipinski definition) is 1. The molecule has 0 fully saturated rings. The SMILES string of the molecule is O=C(C=Cc1cccc(Br)c1)NOC(=O)c1ccccc1. The molecule has 0 radical (unpaired) electrons. The van der Waals surface area contributed by atoms with Gasteiger partial charge in [0.1, 0.15) is 0 Å². The molecule has 2 aromatic carbocycles. The number of hydroxylamine groups is 1. The van der Waals surface area contributed by atoms with E-state index in [4.69, 9.17) is 4.84 Å². The lowest BCUT2D eigenvalue weighted by molar-refractivity contribution is -0.124. The predicted molar refractivity (Wildman–Crippen MR) is 83.2 cm³/mol. The average Bonchev–Trinajstić information content (AvgIpc) is 2.51. The Bertz CT molecular complexity index is 668. The van der Waals surface area contributed by atoms with Crippen LogP contribution in [0.4, 0.5) is 0 Å². The second-order valence-corrected chi connectivity index (χ2v) is 5.03. The van der Waals surface area contributed by atoms with E-state index in [1.54, 1.807) is 36.4 Å². The highest BCUT2D eigenvalue weighted by atomic mass is 79.9. The molecule has 106 valence electrons. The topological polar surface area (TPSA) is 55.4 Å². The maximum Gasteiger partial charge on any atom is 0.362 e. The van der Waals surface area contributed by atoms with Gasteiger partial charge in [0.25, 0.3) is 5.91 Å². The van der Waals surface area contributed by atoms with E-state index < -0.39 is 11.9 Å². The van der Waals surface area contributed by atoms with E-state index in [-0.39, 0.29) is 0 Å². The van der Waals surface area contributed by atoms with Gasteiger partial charge >= 0.3 is 5.97 Å². The van der Waals surface area contributed by atoms with Crippen LogP contribution in [-0.2, 0) is 9.63 Å². The minimum Gasteiger partial charge on any atom is -0.335 e. The molecule has 0 unspecified atom stereocenters. The van der Waals surface area contributed by atoms with Gasteiger partial charge in [0.15, 0.2) is 0 Å². The molecule has 1 N–H and O–H groups in total. The third kappa shape index (κ3) is 4.89. The van der Waals surface area contributed by atoms with Crippen molar-refractivity contribution in [1.29, 1.82) is 0 Å². The molecule has 21 heavy (non-hydrogen) atoms. The molecule has 0 aliphatic carbocycles. The molecular formula is C16H12BrNO3. The van der Waals surface area contributed by atoms with Crippen LogP contribution >= 0.6 is 15.9 Å². The number of carbonyl (C=O) groups is 2. The van der Waals surface area contributed by atoms with E-state index in [1.165, 1.54) is 6.08 Å². The molecule has 0 spiro atoms. The van der Waals surface area contributed by atoms with Gasteiger partial charge in [-0.2, -0.15) is 5.48 Å². The molecule has 0 aliphatic heterocycles. The smallest absolute Gasteiger partial charge is 0.335 e. The molecule has 0 saturated heterocycles. The first-order chi connectivity index (χ1) is 10.1. The Kier molecular flexibility index (Phi) is 5.29. The van der Waals surface area contributed by atoms with Crippen molar-refractivity contribution in [3.63, 3.8) is 0 Å². The summed E-state index contributed by atoms with van der Waals surface area (Å²) in [6.07, 6.45) is 2.91. The van der Waals surface area contributed by atoms with Crippen molar-refractivity contribution in [2.24, 2.45) is 0 Å².